The van der Waals surface area contributed by atoms with Gasteiger partial charge in [-0.15, -0.1) is 5.10 Å². The first-order valence-corrected chi connectivity index (χ1v) is 7.56. The highest BCUT2D eigenvalue weighted by Gasteiger charge is 2.16. The molecule has 1 aromatic carbocycles. The molecule has 2 heterocycles. The van der Waals surface area contributed by atoms with Crippen LogP contribution in [-0.4, -0.2) is 45.7 Å². The Morgan fingerprint density at radius 2 is 2.23 bits per heavy atom. The van der Waals surface area contributed by atoms with Crippen LogP contribution in [0.15, 0.2) is 24.3 Å². The van der Waals surface area contributed by atoms with E-state index < -0.39 is 0 Å². The quantitative estimate of drug-likeness (QED) is 0.873. The Bertz CT molecular complexity index is 653. The smallest absolute Gasteiger partial charge is 0.241 e. The Balaban J connectivity index is 1.50. The molecule has 0 saturated heterocycles. The van der Waals surface area contributed by atoms with Gasteiger partial charge in [0.25, 0.3) is 0 Å². The Morgan fingerprint density at radius 3 is 3.05 bits per heavy atom. The van der Waals surface area contributed by atoms with E-state index in [2.05, 4.69) is 50.0 Å². The zero-order valence-corrected chi connectivity index (χ0v) is 12.7. The molecular formula is C15H20N6O. The van der Waals surface area contributed by atoms with Crippen LogP contribution in [0.3, 0.4) is 0 Å². The van der Waals surface area contributed by atoms with Crippen LogP contribution in [0.5, 0.6) is 0 Å². The highest BCUT2D eigenvalue weighted by atomic mass is 16.2. The average molecular weight is 300 g/mol. The van der Waals surface area contributed by atoms with Gasteiger partial charge in [0, 0.05) is 25.3 Å². The molecule has 1 N–H and O–H groups in total. The molecule has 1 aromatic heterocycles. The third-order valence-corrected chi connectivity index (χ3v) is 3.91. The van der Waals surface area contributed by atoms with Gasteiger partial charge < -0.3 is 10.2 Å². The van der Waals surface area contributed by atoms with Gasteiger partial charge >= 0.3 is 0 Å². The van der Waals surface area contributed by atoms with Crippen molar-refractivity contribution in [2.24, 2.45) is 0 Å². The number of para-hydroxylation sites is 1. The average Bonchev–Trinajstić information content (AvgIpc) is 2.93. The second-order valence-corrected chi connectivity index (χ2v) is 5.45. The number of anilines is 1. The van der Waals surface area contributed by atoms with Gasteiger partial charge in [0.05, 0.1) is 0 Å². The third-order valence-electron chi connectivity index (χ3n) is 3.91. The minimum Gasteiger partial charge on any atom is -0.370 e. The SMILES string of the molecule is Cc1nnnn1CC(=O)NCCN1CCCc2ccccc21. The summed E-state index contributed by atoms with van der Waals surface area (Å²) in [6, 6.07) is 8.48. The predicted octanol–water partition coefficient (Wildman–Crippen LogP) is 0.551. The fourth-order valence-corrected chi connectivity index (χ4v) is 2.76. The van der Waals surface area contributed by atoms with E-state index in [0.29, 0.717) is 12.4 Å². The van der Waals surface area contributed by atoms with E-state index in [4.69, 9.17) is 0 Å². The van der Waals surface area contributed by atoms with Crippen LogP contribution in [0.1, 0.15) is 17.8 Å². The molecule has 1 aliphatic rings. The second kappa shape index (κ2) is 6.55. The van der Waals surface area contributed by atoms with Gasteiger partial charge in [-0.05, 0) is 41.8 Å². The molecule has 0 atom stereocenters. The summed E-state index contributed by atoms with van der Waals surface area (Å²) in [4.78, 5) is 14.2. The molecule has 1 amide bonds. The summed E-state index contributed by atoms with van der Waals surface area (Å²) in [5, 5.41) is 14.0. The lowest BCUT2D eigenvalue weighted by Gasteiger charge is -2.31. The van der Waals surface area contributed by atoms with Gasteiger partial charge in [0.1, 0.15) is 12.4 Å². The summed E-state index contributed by atoms with van der Waals surface area (Å²) >= 11 is 0. The minimum absolute atomic E-state index is 0.0688. The molecule has 7 heteroatoms. The molecule has 1 aliphatic heterocycles. The molecule has 0 spiro atoms. The second-order valence-electron chi connectivity index (χ2n) is 5.45. The molecule has 22 heavy (non-hydrogen) atoms. The Labute approximate surface area is 129 Å². The molecule has 0 unspecified atom stereocenters. The number of aryl methyl sites for hydroxylation is 2. The summed E-state index contributed by atoms with van der Waals surface area (Å²) in [7, 11) is 0. The Hall–Kier alpha value is -2.44. The number of fused-ring (bicyclic) bond motifs is 1. The molecule has 116 valence electrons. The summed E-state index contributed by atoms with van der Waals surface area (Å²) in [6.45, 7) is 4.41. The zero-order chi connectivity index (χ0) is 15.4. The van der Waals surface area contributed by atoms with Gasteiger partial charge in [-0.3, -0.25) is 4.79 Å². The number of nitrogens with one attached hydrogen (secondary N) is 1. The zero-order valence-electron chi connectivity index (χ0n) is 12.7. The van der Waals surface area contributed by atoms with E-state index in [1.807, 2.05) is 0 Å². The largest absolute Gasteiger partial charge is 0.370 e. The van der Waals surface area contributed by atoms with Gasteiger partial charge in [-0.25, -0.2) is 4.68 Å². The highest BCUT2D eigenvalue weighted by molar-refractivity contribution is 5.75. The van der Waals surface area contributed by atoms with E-state index in [-0.39, 0.29) is 12.5 Å². The van der Waals surface area contributed by atoms with Crippen LogP contribution < -0.4 is 10.2 Å². The summed E-state index contributed by atoms with van der Waals surface area (Å²) < 4.78 is 1.49. The third kappa shape index (κ3) is 3.24. The highest BCUT2D eigenvalue weighted by Crippen LogP contribution is 2.25. The van der Waals surface area contributed by atoms with Crippen molar-refractivity contribution in [1.82, 2.24) is 25.5 Å². The molecule has 7 nitrogen and oxygen atoms in total. The van der Waals surface area contributed by atoms with Crippen molar-refractivity contribution in [3.8, 4) is 0 Å². The number of carbonyl (C=O) groups excluding carboxylic acids is 1. The molecule has 0 radical (unpaired) electrons. The van der Waals surface area contributed by atoms with Crippen molar-refractivity contribution in [2.45, 2.75) is 26.3 Å². The van der Waals surface area contributed by atoms with E-state index in [0.717, 1.165) is 25.9 Å². The monoisotopic (exact) mass is 300 g/mol. The van der Waals surface area contributed by atoms with Crippen molar-refractivity contribution in [3.05, 3.63) is 35.7 Å². The number of hydrogen-bond donors (Lipinski definition) is 1. The van der Waals surface area contributed by atoms with Crippen LogP contribution in [0.2, 0.25) is 0 Å². The molecule has 0 saturated carbocycles. The van der Waals surface area contributed by atoms with Crippen LogP contribution >= 0.6 is 0 Å². The van der Waals surface area contributed by atoms with E-state index in [1.54, 1.807) is 6.92 Å². The maximum absolute atomic E-state index is 11.9. The van der Waals surface area contributed by atoms with Crippen molar-refractivity contribution in [3.63, 3.8) is 0 Å². The van der Waals surface area contributed by atoms with Crippen LogP contribution in [0.25, 0.3) is 0 Å². The topological polar surface area (TPSA) is 75.9 Å². The standard InChI is InChI=1S/C15H20N6O/c1-12-17-18-19-21(12)11-15(22)16-8-10-20-9-4-6-13-5-2-3-7-14(13)20/h2-3,5,7H,4,6,8-11H2,1H3,(H,16,22). The normalized spacial score (nSPS) is 13.8. The number of amides is 1. The van der Waals surface area contributed by atoms with Crippen LogP contribution in [0, 0.1) is 6.92 Å². The summed E-state index contributed by atoms with van der Waals surface area (Å²) in [5.74, 6) is 0.570. The Morgan fingerprint density at radius 1 is 1.36 bits per heavy atom. The number of carbonyl (C=O) groups is 1. The number of nitrogens with zero attached hydrogens (tertiary/aromatic N) is 5. The first-order valence-electron chi connectivity index (χ1n) is 7.56. The lowest BCUT2D eigenvalue weighted by Crippen LogP contribution is -2.38. The fraction of sp³-hybridized carbons (Fsp3) is 0.467. The maximum Gasteiger partial charge on any atom is 0.241 e. The Kier molecular flexibility index (Phi) is 4.32. The fourth-order valence-electron chi connectivity index (χ4n) is 2.76. The lowest BCUT2D eigenvalue weighted by molar-refractivity contribution is -0.121. The summed E-state index contributed by atoms with van der Waals surface area (Å²) in [6.07, 6.45) is 2.30. The maximum atomic E-state index is 11.9. The van der Waals surface area contributed by atoms with E-state index in [1.165, 1.54) is 15.9 Å². The minimum atomic E-state index is -0.0688. The number of tetrazole rings is 1. The molecule has 0 aliphatic carbocycles. The van der Waals surface area contributed by atoms with Crippen LogP contribution in [0.4, 0.5) is 5.69 Å². The van der Waals surface area contributed by atoms with E-state index in [9.17, 15) is 4.79 Å². The molecule has 3 rings (SSSR count). The molecule has 2 aromatic rings. The lowest BCUT2D eigenvalue weighted by atomic mass is 10.0. The molecule has 0 bridgehead atoms. The van der Waals surface area contributed by atoms with Crippen molar-refractivity contribution >= 4 is 11.6 Å². The molecule has 0 fully saturated rings. The predicted molar refractivity (Wildman–Crippen MR) is 82.5 cm³/mol. The van der Waals surface area contributed by atoms with Crippen molar-refractivity contribution in [1.29, 1.82) is 0 Å². The number of hydrogen-bond acceptors (Lipinski definition) is 5. The van der Waals surface area contributed by atoms with Crippen LogP contribution in [-0.2, 0) is 17.8 Å². The number of aromatic nitrogens is 4. The van der Waals surface area contributed by atoms with Gasteiger partial charge in [0.2, 0.25) is 5.91 Å². The first-order chi connectivity index (χ1) is 10.7. The van der Waals surface area contributed by atoms with Gasteiger partial charge in [0.15, 0.2) is 0 Å². The van der Waals surface area contributed by atoms with Gasteiger partial charge in [-0.1, -0.05) is 18.2 Å². The van der Waals surface area contributed by atoms with E-state index >= 15 is 0 Å². The van der Waals surface area contributed by atoms with Crippen molar-refractivity contribution in [2.75, 3.05) is 24.5 Å². The van der Waals surface area contributed by atoms with Gasteiger partial charge in [-0.2, -0.15) is 0 Å². The van der Waals surface area contributed by atoms with Crippen molar-refractivity contribution < 1.29 is 4.79 Å². The summed E-state index contributed by atoms with van der Waals surface area (Å²) in [5.41, 5.74) is 2.68. The molecular weight excluding hydrogens is 280 g/mol. The number of benzene rings is 1. The first kappa shape index (κ1) is 14.5. The number of rotatable bonds is 5.